The van der Waals surface area contributed by atoms with Gasteiger partial charge in [0, 0.05) is 64.4 Å². The number of amides is 1. The van der Waals surface area contributed by atoms with Crippen LogP contribution in [0.3, 0.4) is 0 Å². The van der Waals surface area contributed by atoms with Crippen LogP contribution in [-0.2, 0) is 28.5 Å². The lowest BCUT2D eigenvalue weighted by Gasteiger charge is -2.38. The van der Waals surface area contributed by atoms with E-state index in [0.717, 1.165) is 6.54 Å². The fourth-order valence-corrected chi connectivity index (χ4v) is 6.75. The fourth-order valence-electron chi connectivity index (χ4n) is 6.75. The lowest BCUT2D eigenvalue weighted by molar-refractivity contribution is -0.168. The van der Waals surface area contributed by atoms with Crippen LogP contribution in [0.4, 0.5) is 4.79 Å². The van der Waals surface area contributed by atoms with Crippen LogP contribution in [-0.4, -0.2) is 130 Å². The number of hydrogen-bond acceptors (Lipinski definition) is 12. The first-order chi connectivity index (χ1) is 23.5. The highest BCUT2D eigenvalue weighted by atomic mass is 16.6. The van der Waals surface area contributed by atoms with Crippen LogP contribution in [0.5, 0.6) is 0 Å². The number of aliphatic hydroxyl groups excluding tert-OH is 2. The van der Waals surface area contributed by atoms with Crippen molar-refractivity contribution in [3.63, 3.8) is 0 Å². The number of piperazine rings is 1. The van der Waals surface area contributed by atoms with Gasteiger partial charge in [0.25, 0.3) is 0 Å². The van der Waals surface area contributed by atoms with Crippen LogP contribution in [0.25, 0.3) is 0 Å². The fraction of sp³-hybridized carbons (Fsp3) is 0.757. The van der Waals surface area contributed by atoms with E-state index in [1.807, 2.05) is 27.7 Å². The van der Waals surface area contributed by atoms with Crippen molar-refractivity contribution in [1.29, 1.82) is 0 Å². The first-order valence-corrected chi connectivity index (χ1v) is 18.0. The lowest BCUT2D eigenvalue weighted by atomic mass is 9.88. The molecule has 3 aliphatic rings. The second-order valence-electron chi connectivity index (χ2n) is 14.7. The summed E-state index contributed by atoms with van der Waals surface area (Å²) in [6.45, 7) is 15.7. The van der Waals surface area contributed by atoms with Crippen LogP contribution in [0, 0.1) is 11.8 Å². The zero-order valence-corrected chi connectivity index (χ0v) is 31.0. The summed E-state index contributed by atoms with van der Waals surface area (Å²) in [7, 11) is 0. The summed E-state index contributed by atoms with van der Waals surface area (Å²) in [5, 5.41) is 32.0. The van der Waals surface area contributed by atoms with Crippen molar-refractivity contribution in [3.05, 3.63) is 36.0 Å². The van der Waals surface area contributed by atoms with Gasteiger partial charge >= 0.3 is 18.0 Å². The number of nitrogens with two attached hydrogens (primary N) is 1. The van der Waals surface area contributed by atoms with Gasteiger partial charge in [-0.2, -0.15) is 0 Å². The van der Waals surface area contributed by atoms with Gasteiger partial charge in [-0.3, -0.25) is 14.5 Å². The molecule has 0 aromatic carbocycles. The van der Waals surface area contributed by atoms with Gasteiger partial charge in [0.1, 0.15) is 11.7 Å². The molecule has 0 unspecified atom stereocenters. The minimum Gasteiger partial charge on any atom is -0.457 e. The molecule has 284 valence electrons. The van der Waals surface area contributed by atoms with E-state index < -0.39 is 59.6 Å². The monoisotopic (exact) mass is 707 g/mol. The van der Waals surface area contributed by atoms with Gasteiger partial charge in [0.2, 0.25) is 0 Å². The van der Waals surface area contributed by atoms with Crippen molar-refractivity contribution in [3.8, 4) is 0 Å². The second kappa shape index (κ2) is 18.6. The molecular formula is C37H61N3O10. The van der Waals surface area contributed by atoms with E-state index in [2.05, 4.69) is 4.90 Å². The third-order valence-electron chi connectivity index (χ3n) is 10.0. The molecule has 3 aliphatic heterocycles. The first-order valence-electron chi connectivity index (χ1n) is 18.0. The Morgan fingerprint density at radius 2 is 1.90 bits per heavy atom. The van der Waals surface area contributed by atoms with Crippen molar-refractivity contribution in [2.75, 3.05) is 39.3 Å². The van der Waals surface area contributed by atoms with E-state index in [9.17, 15) is 29.7 Å². The normalized spacial score (nSPS) is 33.3. The van der Waals surface area contributed by atoms with Gasteiger partial charge in [-0.1, -0.05) is 45.1 Å². The Labute approximate surface area is 297 Å². The highest BCUT2D eigenvalue weighted by Crippen LogP contribution is 2.38. The number of allylic oxidation sites excluding steroid dienone is 2. The quantitative estimate of drug-likeness (QED) is 0.0766. The third kappa shape index (κ3) is 12.4. The molecule has 5 N–H and O–H groups in total. The molecule has 2 fully saturated rings. The van der Waals surface area contributed by atoms with Gasteiger partial charge in [0.15, 0.2) is 6.10 Å². The maximum Gasteiger partial charge on any atom is 0.410 e. The van der Waals surface area contributed by atoms with E-state index in [1.54, 1.807) is 49.1 Å². The first kappa shape index (κ1) is 41.6. The summed E-state index contributed by atoms with van der Waals surface area (Å²) < 4.78 is 23.4. The number of carbonyl (C=O) groups is 3. The van der Waals surface area contributed by atoms with Crippen LogP contribution in [0.2, 0.25) is 0 Å². The molecule has 3 heterocycles. The summed E-state index contributed by atoms with van der Waals surface area (Å²) in [5.74, 6) is -1.60. The van der Waals surface area contributed by atoms with E-state index in [4.69, 9.17) is 24.7 Å². The SMILES string of the molecule is CC[C@H](O)[C@@H](C)[C@H]1O[C@@H]1C[C@@](C)(O)/C=C/C=C(\C)[C@H]1OC(=O)C[C@H](O)CC[C@@](C)(OC(C)=O)[C@H](OC(=O)N2CCN(CCN)CC2)/C=C/[C@@H]1C. The van der Waals surface area contributed by atoms with Crippen molar-refractivity contribution in [2.24, 2.45) is 17.6 Å². The summed E-state index contributed by atoms with van der Waals surface area (Å²) in [4.78, 5) is 42.5. The summed E-state index contributed by atoms with van der Waals surface area (Å²) in [5.41, 5.74) is 3.87. The third-order valence-corrected chi connectivity index (χ3v) is 10.0. The molecule has 3 rings (SSSR count). The van der Waals surface area contributed by atoms with Gasteiger partial charge in [-0.25, -0.2) is 4.79 Å². The molecule has 0 aromatic heterocycles. The molecule has 0 bridgehead atoms. The maximum atomic E-state index is 13.4. The lowest BCUT2D eigenvalue weighted by Crippen LogP contribution is -2.52. The van der Waals surface area contributed by atoms with E-state index in [-0.39, 0.29) is 37.4 Å². The standard InChI is InChI=1S/C37H61N3O10/c1-8-29(43)26(4)34-30(47-34)23-36(6,46)14-9-10-24(2)33-25(3)11-12-31(48-35(45)40-20-18-39(17-16-38)19-21-40)37(7,50-27(5)41)15-13-28(42)22-32(44)49-33/h9-12,14,25-26,28-31,33-34,42-43,46H,8,13,15-23,38H2,1-7H3/b12-11+,14-9+,24-10+/t25-,26+,28+,29-,30+,31+,33+,34+,36-,37+/m0/s1. The molecule has 0 radical (unpaired) electrons. The minimum absolute atomic E-state index is 0.0250. The molecule has 2 saturated heterocycles. The molecule has 0 saturated carbocycles. The summed E-state index contributed by atoms with van der Waals surface area (Å²) >= 11 is 0. The van der Waals surface area contributed by atoms with Crippen molar-refractivity contribution in [2.45, 2.75) is 128 Å². The van der Waals surface area contributed by atoms with Crippen molar-refractivity contribution in [1.82, 2.24) is 9.80 Å². The molecule has 1 amide bonds. The van der Waals surface area contributed by atoms with Gasteiger partial charge in [-0.15, -0.1) is 0 Å². The highest BCUT2D eigenvalue weighted by molar-refractivity contribution is 5.71. The number of rotatable bonds is 12. The Kier molecular flexibility index (Phi) is 15.5. The number of cyclic esters (lactones) is 1. The van der Waals surface area contributed by atoms with Crippen LogP contribution in [0.15, 0.2) is 36.0 Å². The van der Waals surface area contributed by atoms with Gasteiger partial charge in [-0.05, 0) is 51.7 Å². The topological polar surface area (TPSA) is 185 Å². The van der Waals surface area contributed by atoms with Crippen molar-refractivity contribution < 1.29 is 48.7 Å². The smallest absolute Gasteiger partial charge is 0.410 e. The average Bonchev–Trinajstić information content (AvgIpc) is 3.81. The number of aliphatic hydroxyl groups is 3. The molecule has 13 nitrogen and oxygen atoms in total. The Morgan fingerprint density at radius 1 is 1.22 bits per heavy atom. The molecule has 50 heavy (non-hydrogen) atoms. The highest BCUT2D eigenvalue weighted by Gasteiger charge is 2.47. The van der Waals surface area contributed by atoms with Crippen molar-refractivity contribution >= 4 is 18.0 Å². The van der Waals surface area contributed by atoms with E-state index in [1.165, 1.54) is 6.92 Å². The Bertz CT molecular complexity index is 1230. The molecule has 0 aliphatic carbocycles. The van der Waals surface area contributed by atoms with Gasteiger partial charge in [0.05, 0.1) is 36.4 Å². The molecule has 0 aromatic rings. The number of nitrogens with zero attached hydrogens (tertiary/aromatic N) is 2. The maximum absolute atomic E-state index is 13.4. The van der Waals surface area contributed by atoms with Crippen LogP contribution < -0.4 is 5.73 Å². The van der Waals surface area contributed by atoms with E-state index in [0.29, 0.717) is 51.1 Å². The Hall–Kier alpha value is -2.81. The number of epoxide rings is 1. The number of ether oxygens (including phenoxy) is 4. The average molecular weight is 708 g/mol. The van der Waals surface area contributed by atoms with Crippen LogP contribution in [0.1, 0.15) is 80.6 Å². The number of esters is 2. The van der Waals surface area contributed by atoms with Gasteiger partial charge < -0.3 is 44.9 Å². The number of hydrogen-bond donors (Lipinski definition) is 4. The largest absolute Gasteiger partial charge is 0.457 e. The molecule has 0 spiro atoms. The predicted octanol–water partition coefficient (Wildman–Crippen LogP) is 2.86. The predicted molar refractivity (Wildman–Crippen MR) is 188 cm³/mol. The summed E-state index contributed by atoms with van der Waals surface area (Å²) in [6.07, 6.45) is 5.44. The van der Waals surface area contributed by atoms with E-state index >= 15 is 0 Å². The second-order valence-corrected chi connectivity index (χ2v) is 14.7. The molecule has 10 atom stereocenters. The zero-order chi connectivity index (χ0) is 37.2. The number of carbonyl (C=O) groups excluding carboxylic acids is 3. The molecular weight excluding hydrogens is 646 g/mol. The van der Waals surface area contributed by atoms with Crippen LogP contribution >= 0.6 is 0 Å². The zero-order valence-electron chi connectivity index (χ0n) is 31.0. The Balaban J connectivity index is 1.81. The summed E-state index contributed by atoms with van der Waals surface area (Å²) in [6, 6.07) is 0. The molecule has 13 heteroatoms. The Morgan fingerprint density at radius 3 is 2.52 bits per heavy atom. The minimum atomic E-state index is -1.32.